The van der Waals surface area contributed by atoms with Crippen LogP contribution >= 0.6 is 12.4 Å². The smallest absolute Gasteiger partial charge is 0.0534 e. The van der Waals surface area contributed by atoms with E-state index in [0.717, 1.165) is 26.2 Å². The number of likely N-dealkylation sites (tertiary alicyclic amines) is 1. The van der Waals surface area contributed by atoms with Crippen LogP contribution in [0, 0.1) is 5.92 Å². The van der Waals surface area contributed by atoms with E-state index in [2.05, 4.69) is 46.5 Å². The van der Waals surface area contributed by atoms with Crippen molar-refractivity contribution in [2.45, 2.75) is 12.5 Å². The van der Waals surface area contributed by atoms with Crippen LogP contribution in [0.2, 0.25) is 0 Å². The zero-order chi connectivity index (χ0) is 13.9. The summed E-state index contributed by atoms with van der Waals surface area (Å²) >= 11 is 0. The third-order valence-electron chi connectivity index (χ3n) is 4.21. The van der Waals surface area contributed by atoms with Crippen molar-refractivity contribution in [3.8, 4) is 0 Å². The topological polar surface area (TPSA) is 47.1 Å². The summed E-state index contributed by atoms with van der Waals surface area (Å²) in [6.45, 7) is 3.88. The predicted molar refractivity (Wildman–Crippen MR) is 87.5 cm³/mol. The number of aryl methyl sites for hydroxylation is 1. The van der Waals surface area contributed by atoms with Crippen molar-refractivity contribution >= 4 is 12.4 Å². The average molecular weight is 307 g/mol. The molecule has 1 aromatic carbocycles. The summed E-state index contributed by atoms with van der Waals surface area (Å²) in [5.74, 6) is 1.10. The van der Waals surface area contributed by atoms with Crippen LogP contribution in [-0.4, -0.2) is 34.3 Å². The second kappa shape index (κ2) is 7.07. The first-order valence-electron chi connectivity index (χ1n) is 7.21. The van der Waals surface area contributed by atoms with Gasteiger partial charge in [0.25, 0.3) is 0 Å². The minimum absolute atomic E-state index is 0. The molecule has 2 atom stereocenters. The molecule has 2 aromatic rings. The summed E-state index contributed by atoms with van der Waals surface area (Å²) < 4.78 is 1.86. The van der Waals surface area contributed by atoms with Crippen LogP contribution in [0.3, 0.4) is 0 Å². The third kappa shape index (κ3) is 3.64. The highest BCUT2D eigenvalue weighted by Crippen LogP contribution is 2.32. The lowest BCUT2D eigenvalue weighted by molar-refractivity contribution is 0.317. The summed E-state index contributed by atoms with van der Waals surface area (Å²) in [6, 6.07) is 10.8. The van der Waals surface area contributed by atoms with E-state index in [9.17, 15) is 0 Å². The molecule has 1 fully saturated rings. The molecule has 0 saturated carbocycles. The van der Waals surface area contributed by atoms with Gasteiger partial charge in [-0.05, 0) is 18.0 Å². The summed E-state index contributed by atoms with van der Waals surface area (Å²) in [4.78, 5) is 2.49. The zero-order valence-electron chi connectivity index (χ0n) is 12.4. The lowest BCUT2D eigenvalue weighted by atomic mass is 9.89. The molecule has 2 N–H and O–H groups in total. The molecule has 4 nitrogen and oxygen atoms in total. The van der Waals surface area contributed by atoms with E-state index in [-0.39, 0.29) is 12.4 Å². The number of nitrogens with zero attached hydrogens (tertiary/aromatic N) is 3. The molecule has 2 heterocycles. The number of nitrogens with two attached hydrogens (primary N) is 1. The number of hydrogen-bond donors (Lipinski definition) is 1. The fourth-order valence-electron chi connectivity index (χ4n) is 3.22. The molecule has 21 heavy (non-hydrogen) atoms. The number of hydrogen-bond acceptors (Lipinski definition) is 3. The largest absolute Gasteiger partial charge is 0.330 e. The molecular formula is C16H23ClN4. The number of halogens is 1. The Bertz CT molecular complexity index is 554. The van der Waals surface area contributed by atoms with E-state index in [1.807, 2.05) is 17.9 Å². The summed E-state index contributed by atoms with van der Waals surface area (Å²) in [6.07, 6.45) is 4.04. The van der Waals surface area contributed by atoms with E-state index in [4.69, 9.17) is 5.73 Å². The number of benzene rings is 1. The SMILES string of the molecule is Cl.Cn1cc(CN2C[C@@H](CN)[C@H](c3ccccc3)C2)cn1. The van der Waals surface area contributed by atoms with Crippen LogP contribution < -0.4 is 5.73 Å². The molecule has 0 bridgehead atoms. The monoisotopic (exact) mass is 306 g/mol. The van der Waals surface area contributed by atoms with Crippen LogP contribution in [0.5, 0.6) is 0 Å². The van der Waals surface area contributed by atoms with Crippen LogP contribution in [-0.2, 0) is 13.6 Å². The highest BCUT2D eigenvalue weighted by atomic mass is 35.5. The van der Waals surface area contributed by atoms with Gasteiger partial charge in [-0.15, -0.1) is 12.4 Å². The van der Waals surface area contributed by atoms with E-state index in [1.165, 1.54) is 11.1 Å². The lowest BCUT2D eigenvalue weighted by Crippen LogP contribution is -2.23. The Labute approximate surface area is 132 Å². The minimum atomic E-state index is 0. The quantitative estimate of drug-likeness (QED) is 0.940. The van der Waals surface area contributed by atoms with Gasteiger partial charge in [0.05, 0.1) is 6.20 Å². The van der Waals surface area contributed by atoms with Crippen LogP contribution in [0.4, 0.5) is 0 Å². The maximum absolute atomic E-state index is 5.98. The molecule has 0 radical (unpaired) electrons. The Morgan fingerprint density at radius 3 is 2.62 bits per heavy atom. The van der Waals surface area contributed by atoms with Crippen molar-refractivity contribution in [3.05, 3.63) is 53.9 Å². The van der Waals surface area contributed by atoms with Gasteiger partial charge in [0, 0.05) is 44.4 Å². The van der Waals surface area contributed by atoms with Crippen molar-refractivity contribution < 1.29 is 0 Å². The summed E-state index contributed by atoms with van der Waals surface area (Å²) in [5, 5.41) is 4.24. The van der Waals surface area contributed by atoms with Gasteiger partial charge >= 0.3 is 0 Å². The first-order valence-corrected chi connectivity index (χ1v) is 7.21. The molecular weight excluding hydrogens is 284 g/mol. The third-order valence-corrected chi connectivity index (χ3v) is 4.21. The van der Waals surface area contributed by atoms with Crippen molar-refractivity contribution in [1.82, 2.24) is 14.7 Å². The first-order chi connectivity index (χ1) is 9.76. The molecule has 0 unspecified atom stereocenters. The molecule has 0 amide bonds. The molecule has 0 aliphatic carbocycles. The van der Waals surface area contributed by atoms with Crippen molar-refractivity contribution in [1.29, 1.82) is 0 Å². The Morgan fingerprint density at radius 2 is 2.00 bits per heavy atom. The molecule has 114 valence electrons. The van der Waals surface area contributed by atoms with Gasteiger partial charge in [0.2, 0.25) is 0 Å². The average Bonchev–Trinajstić information content (AvgIpc) is 3.06. The van der Waals surface area contributed by atoms with Crippen LogP contribution in [0.15, 0.2) is 42.7 Å². The van der Waals surface area contributed by atoms with Crippen LogP contribution in [0.1, 0.15) is 17.0 Å². The van der Waals surface area contributed by atoms with Crippen molar-refractivity contribution in [2.75, 3.05) is 19.6 Å². The van der Waals surface area contributed by atoms with Gasteiger partial charge in [0.1, 0.15) is 0 Å². The van der Waals surface area contributed by atoms with E-state index < -0.39 is 0 Å². The Hall–Kier alpha value is -1.36. The number of rotatable bonds is 4. The van der Waals surface area contributed by atoms with Gasteiger partial charge < -0.3 is 5.73 Å². The Kier molecular flexibility index (Phi) is 5.39. The van der Waals surface area contributed by atoms with Crippen molar-refractivity contribution in [2.24, 2.45) is 18.7 Å². The molecule has 1 aliphatic heterocycles. The fraction of sp³-hybridized carbons (Fsp3) is 0.438. The summed E-state index contributed by atoms with van der Waals surface area (Å²) in [7, 11) is 1.96. The fourth-order valence-corrected chi connectivity index (χ4v) is 3.22. The molecule has 1 aromatic heterocycles. The van der Waals surface area contributed by atoms with Gasteiger partial charge in [-0.1, -0.05) is 30.3 Å². The maximum atomic E-state index is 5.98. The van der Waals surface area contributed by atoms with Gasteiger partial charge in [-0.3, -0.25) is 9.58 Å². The van der Waals surface area contributed by atoms with E-state index >= 15 is 0 Å². The Balaban J connectivity index is 0.00000161. The predicted octanol–water partition coefficient (Wildman–Crippen LogP) is 2.02. The summed E-state index contributed by atoms with van der Waals surface area (Å²) in [5.41, 5.74) is 8.67. The van der Waals surface area contributed by atoms with Gasteiger partial charge in [-0.25, -0.2) is 0 Å². The standard InChI is InChI=1S/C16H22N4.ClH/c1-19-9-13(8-18-19)10-20-11-15(7-17)16(12-20)14-5-3-2-4-6-14;/h2-6,8-9,15-16H,7,10-12,17H2,1H3;1H/t15-,16+;/m1./s1. The normalized spacial score (nSPS) is 22.2. The molecule has 3 rings (SSSR count). The van der Waals surface area contributed by atoms with Gasteiger partial charge in [-0.2, -0.15) is 5.10 Å². The highest BCUT2D eigenvalue weighted by Gasteiger charge is 2.32. The second-order valence-electron chi connectivity index (χ2n) is 5.73. The first kappa shape index (κ1) is 16.0. The molecule has 5 heteroatoms. The zero-order valence-corrected chi connectivity index (χ0v) is 13.2. The second-order valence-corrected chi connectivity index (χ2v) is 5.73. The lowest BCUT2D eigenvalue weighted by Gasteiger charge is -2.16. The van der Waals surface area contributed by atoms with Gasteiger partial charge in [0.15, 0.2) is 0 Å². The number of aromatic nitrogens is 2. The van der Waals surface area contributed by atoms with Crippen LogP contribution in [0.25, 0.3) is 0 Å². The van der Waals surface area contributed by atoms with E-state index in [0.29, 0.717) is 11.8 Å². The minimum Gasteiger partial charge on any atom is -0.330 e. The molecule has 1 aliphatic rings. The Morgan fingerprint density at radius 1 is 1.24 bits per heavy atom. The van der Waals surface area contributed by atoms with E-state index in [1.54, 1.807) is 0 Å². The highest BCUT2D eigenvalue weighted by molar-refractivity contribution is 5.85. The maximum Gasteiger partial charge on any atom is 0.0534 e. The van der Waals surface area contributed by atoms with Crippen molar-refractivity contribution in [3.63, 3.8) is 0 Å². The molecule has 1 saturated heterocycles. The molecule has 0 spiro atoms.